The molecule has 88 valence electrons. The summed E-state index contributed by atoms with van der Waals surface area (Å²) in [6, 6.07) is 0.128. The van der Waals surface area contributed by atoms with Crippen molar-refractivity contribution in [2.75, 3.05) is 25.1 Å². The van der Waals surface area contributed by atoms with E-state index < -0.39 is 0 Å². The summed E-state index contributed by atoms with van der Waals surface area (Å²) in [5.41, 5.74) is 0. The molecule has 4 nitrogen and oxygen atoms in total. The van der Waals surface area contributed by atoms with E-state index in [2.05, 4.69) is 20.9 Å². The smallest absolute Gasteiger partial charge is 0.266 e. The Morgan fingerprint density at radius 1 is 1.81 bits per heavy atom. The molecule has 1 aromatic heterocycles. The van der Waals surface area contributed by atoms with Gasteiger partial charge in [0.25, 0.3) is 5.91 Å². The minimum absolute atomic E-state index is 0.0679. The van der Waals surface area contributed by atoms with E-state index in [1.807, 2.05) is 11.8 Å². The second-order valence-corrected chi connectivity index (χ2v) is 5.51. The SMILES string of the molecule is Cc1ncc(C(=O)N2CCOCC2CBr)s1. The highest BCUT2D eigenvalue weighted by Gasteiger charge is 2.28. The van der Waals surface area contributed by atoms with Gasteiger partial charge in [0.15, 0.2) is 0 Å². The lowest BCUT2D eigenvalue weighted by Gasteiger charge is -2.34. The summed E-state index contributed by atoms with van der Waals surface area (Å²) in [7, 11) is 0. The van der Waals surface area contributed by atoms with Gasteiger partial charge in [-0.1, -0.05) is 15.9 Å². The van der Waals surface area contributed by atoms with E-state index in [1.54, 1.807) is 6.20 Å². The molecule has 0 bridgehead atoms. The quantitative estimate of drug-likeness (QED) is 0.781. The van der Waals surface area contributed by atoms with Gasteiger partial charge in [-0.05, 0) is 6.92 Å². The van der Waals surface area contributed by atoms with Crippen LogP contribution in [-0.4, -0.2) is 46.9 Å². The minimum atomic E-state index is 0.0679. The summed E-state index contributed by atoms with van der Waals surface area (Å²) in [6.07, 6.45) is 1.66. The van der Waals surface area contributed by atoms with Crippen LogP contribution in [0.3, 0.4) is 0 Å². The van der Waals surface area contributed by atoms with E-state index in [0.717, 1.165) is 10.3 Å². The van der Waals surface area contributed by atoms with Crippen molar-refractivity contribution < 1.29 is 9.53 Å². The topological polar surface area (TPSA) is 42.4 Å². The number of hydrogen-bond donors (Lipinski definition) is 0. The lowest BCUT2D eigenvalue weighted by Crippen LogP contribution is -2.49. The zero-order valence-corrected chi connectivity index (χ0v) is 11.4. The fraction of sp³-hybridized carbons (Fsp3) is 0.600. The van der Waals surface area contributed by atoms with Crippen LogP contribution in [0.4, 0.5) is 0 Å². The number of aryl methyl sites for hydroxylation is 1. The number of alkyl halides is 1. The highest BCUT2D eigenvalue weighted by atomic mass is 79.9. The standard InChI is InChI=1S/C10H13BrN2O2S/c1-7-12-5-9(16-7)10(14)13-2-3-15-6-8(13)4-11/h5,8H,2-4,6H2,1H3. The Kier molecular flexibility index (Phi) is 3.94. The number of morpholine rings is 1. The third-order valence-electron chi connectivity index (χ3n) is 2.50. The van der Waals surface area contributed by atoms with Crippen molar-refractivity contribution in [3.63, 3.8) is 0 Å². The van der Waals surface area contributed by atoms with Crippen molar-refractivity contribution in [1.29, 1.82) is 0 Å². The van der Waals surface area contributed by atoms with Crippen LogP contribution in [0.15, 0.2) is 6.20 Å². The number of carbonyl (C=O) groups excluding carboxylic acids is 1. The monoisotopic (exact) mass is 304 g/mol. The number of hydrogen-bond acceptors (Lipinski definition) is 4. The van der Waals surface area contributed by atoms with Gasteiger partial charge < -0.3 is 9.64 Å². The Morgan fingerprint density at radius 2 is 2.62 bits per heavy atom. The molecule has 2 rings (SSSR count). The average molecular weight is 305 g/mol. The maximum absolute atomic E-state index is 12.2. The molecule has 1 aliphatic rings. The molecule has 2 heterocycles. The van der Waals surface area contributed by atoms with Crippen molar-refractivity contribution >= 4 is 33.2 Å². The first-order valence-electron chi connectivity index (χ1n) is 5.09. The number of thiazole rings is 1. The predicted molar refractivity (Wildman–Crippen MR) is 66.3 cm³/mol. The second-order valence-electron chi connectivity index (χ2n) is 3.63. The van der Waals surface area contributed by atoms with Crippen LogP contribution in [0.1, 0.15) is 14.7 Å². The van der Waals surface area contributed by atoms with E-state index in [4.69, 9.17) is 4.74 Å². The Morgan fingerprint density at radius 3 is 3.25 bits per heavy atom. The van der Waals surface area contributed by atoms with Crippen LogP contribution in [0, 0.1) is 6.92 Å². The largest absolute Gasteiger partial charge is 0.377 e. The molecule has 0 saturated carbocycles. The third kappa shape index (κ3) is 2.44. The molecule has 0 spiro atoms. The average Bonchev–Trinajstić information content (AvgIpc) is 2.75. The lowest BCUT2D eigenvalue weighted by atomic mass is 10.2. The molecule has 0 aromatic carbocycles. The van der Waals surface area contributed by atoms with E-state index >= 15 is 0 Å². The number of rotatable bonds is 2. The first-order chi connectivity index (χ1) is 7.72. The maximum atomic E-state index is 12.2. The summed E-state index contributed by atoms with van der Waals surface area (Å²) in [4.78, 5) is 18.9. The molecule has 0 radical (unpaired) electrons. The Hall–Kier alpha value is -0.460. The fourth-order valence-electron chi connectivity index (χ4n) is 1.65. The molecule has 6 heteroatoms. The maximum Gasteiger partial charge on any atom is 0.266 e. The fourth-order valence-corrected chi connectivity index (χ4v) is 2.92. The van der Waals surface area contributed by atoms with Crippen LogP contribution in [-0.2, 0) is 4.74 Å². The van der Waals surface area contributed by atoms with E-state index in [1.165, 1.54) is 11.3 Å². The lowest BCUT2D eigenvalue weighted by molar-refractivity contribution is 0.00551. The van der Waals surface area contributed by atoms with Gasteiger partial charge in [-0.3, -0.25) is 4.79 Å². The summed E-state index contributed by atoms with van der Waals surface area (Å²) < 4.78 is 5.36. The molecule has 1 fully saturated rings. The Balaban J connectivity index is 2.13. The van der Waals surface area contributed by atoms with Crippen LogP contribution >= 0.6 is 27.3 Å². The van der Waals surface area contributed by atoms with Gasteiger partial charge in [-0.15, -0.1) is 11.3 Å². The van der Waals surface area contributed by atoms with Crippen molar-refractivity contribution in [3.8, 4) is 0 Å². The van der Waals surface area contributed by atoms with Crippen LogP contribution in [0.5, 0.6) is 0 Å². The van der Waals surface area contributed by atoms with E-state index in [0.29, 0.717) is 24.6 Å². The minimum Gasteiger partial charge on any atom is -0.377 e. The summed E-state index contributed by atoms with van der Waals surface area (Å²) in [5.74, 6) is 0.0679. The van der Waals surface area contributed by atoms with Crippen LogP contribution in [0.25, 0.3) is 0 Å². The molecule has 1 saturated heterocycles. The van der Waals surface area contributed by atoms with Gasteiger partial charge in [0.2, 0.25) is 0 Å². The number of nitrogens with zero attached hydrogens (tertiary/aromatic N) is 2. The van der Waals surface area contributed by atoms with Crippen molar-refractivity contribution in [3.05, 3.63) is 16.1 Å². The van der Waals surface area contributed by atoms with Gasteiger partial charge in [-0.2, -0.15) is 0 Å². The van der Waals surface area contributed by atoms with E-state index in [-0.39, 0.29) is 11.9 Å². The summed E-state index contributed by atoms with van der Waals surface area (Å²) >= 11 is 4.85. The van der Waals surface area contributed by atoms with E-state index in [9.17, 15) is 4.79 Å². The molecule has 1 amide bonds. The number of carbonyl (C=O) groups is 1. The molecule has 1 aliphatic heterocycles. The van der Waals surface area contributed by atoms with Crippen LogP contribution < -0.4 is 0 Å². The van der Waals surface area contributed by atoms with Crippen molar-refractivity contribution in [1.82, 2.24) is 9.88 Å². The molecule has 16 heavy (non-hydrogen) atoms. The highest BCUT2D eigenvalue weighted by molar-refractivity contribution is 9.09. The summed E-state index contributed by atoms with van der Waals surface area (Å²) in [5, 5.41) is 1.67. The third-order valence-corrected chi connectivity index (χ3v) is 4.15. The van der Waals surface area contributed by atoms with Gasteiger partial charge in [0, 0.05) is 11.9 Å². The van der Waals surface area contributed by atoms with Crippen LogP contribution in [0.2, 0.25) is 0 Å². The predicted octanol–water partition coefficient (Wildman–Crippen LogP) is 1.69. The normalized spacial score (nSPS) is 21.1. The number of aromatic nitrogens is 1. The number of halogens is 1. The highest BCUT2D eigenvalue weighted by Crippen LogP contribution is 2.18. The Labute approximate surface area is 107 Å². The zero-order valence-electron chi connectivity index (χ0n) is 8.98. The van der Waals surface area contributed by atoms with Gasteiger partial charge in [0.1, 0.15) is 4.88 Å². The molecule has 0 N–H and O–H groups in total. The molecule has 1 atom stereocenters. The number of ether oxygens (including phenoxy) is 1. The number of amides is 1. The molecular formula is C10H13BrN2O2S. The van der Waals surface area contributed by atoms with Gasteiger partial charge >= 0.3 is 0 Å². The first-order valence-corrected chi connectivity index (χ1v) is 7.03. The molecule has 1 unspecified atom stereocenters. The van der Waals surface area contributed by atoms with Crippen molar-refractivity contribution in [2.24, 2.45) is 0 Å². The Bertz CT molecular complexity index is 383. The van der Waals surface area contributed by atoms with Gasteiger partial charge in [-0.25, -0.2) is 4.98 Å². The zero-order chi connectivity index (χ0) is 11.5. The van der Waals surface area contributed by atoms with Crippen molar-refractivity contribution in [2.45, 2.75) is 13.0 Å². The molecular weight excluding hydrogens is 292 g/mol. The molecule has 0 aliphatic carbocycles. The van der Waals surface area contributed by atoms with Gasteiger partial charge in [0.05, 0.1) is 30.5 Å². The second kappa shape index (κ2) is 5.25. The summed E-state index contributed by atoms with van der Waals surface area (Å²) in [6.45, 7) is 3.79. The molecule has 1 aromatic rings. The first kappa shape index (κ1) is 12.0.